The maximum Gasteiger partial charge on any atom is 0.176 e. The second-order valence-corrected chi connectivity index (χ2v) is 4.17. The summed E-state index contributed by atoms with van der Waals surface area (Å²) in [5.74, 6) is 0.707. The first-order chi connectivity index (χ1) is 6.69. The van der Waals surface area contributed by atoms with Gasteiger partial charge in [0, 0.05) is 5.75 Å². The maximum absolute atomic E-state index is 8.86. The molecular formula is C8H7N3S3. The molecule has 1 rings (SSSR count). The summed E-state index contributed by atoms with van der Waals surface area (Å²) in [5.41, 5.74) is 0.431. The van der Waals surface area contributed by atoms with Gasteiger partial charge in [0.2, 0.25) is 0 Å². The Hall–Kier alpha value is -0.900. The molecule has 0 aliphatic rings. The molecule has 0 atom stereocenters. The highest BCUT2D eigenvalue weighted by Crippen LogP contribution is 2.19. The average Bonchev–Trinajstić information content (AvgIpc) is 2.14. The van der Waals surface area contributed by atoms with Crippen molar-refractivity contribution in [1.82, 2.24) is 9.97 Å². The Morgan fingerprint density at radius 1 is 1.50 bits per heavy atom. The minimum absolute atomic E-state index is 0.378. The molecule has 1 aromatic rings. The van der Waals surface area contributed by atoms with Crippen LogP contribution in [0.25, 0.3) is 0 Å². The van der Waals surface area contributed by atoms with Crippen molar-refractivity contribution in [2.75, 3.05) is 5.75 Å². The van der Waals surface area contributed by atoms with Crippen molar-refractivity contribution in [3.8, 4) is 6.07 Å². The zero-order chi connectivity index (χ0) is 10.6. The molecule has 0 amide bonds. The quantitative estimate of drug-likeness (QED) is 0.370. The summed E-state index contributed by atoms with van der Waals surface area (Å²) in [6.45, 7) is 3.60. The van der Waals surface area contributed by atoms with Gasteiger partial charge >= 0.3 is 0 Å². The first-order valence-corrected chi connectivity index (χ1v) is 5.49. The fourth-order valence-electron chi connectivity index (χ4n) is 0.818. The molecule has 6 heteroatoms. The number of nitrogens with zero attached hydrogens (tertiary/aromatic N) is 1. The molecule has 3 nitrogen and oxygen atoms in total. The van der Waals surface area contributed by atoms with Crippen molar-refractivity contribution in [2.24, 2.45) is 0 Å². The van der Waals surface area contributed by atoms with Gasteiger partial charge in [-0.2, -0.15) is 5.26 Å². The SMILES string of the molecule is C=CCSc1[nH]c(=S)[nH]c(=S)c1C#N. The third kappa shape index (κ3) is 2.54. The van der Waals surface area contributed by atoms with Gasteiger partial charge in [-0.15, -0.1) is 18.3 Å². The number of rotatable bonds is 3. The van der Waals surface area contributed by atoms with E-state index in [0.29, 0.717) is 25.8 Å². The number of hydrogen-bond acceptors (Lipinski definition) is 4. The van der Waals surface area contributed by atoms with E-state index in [1.54, 1.807) is 6.08 Å². The molecule has 0 saturated heterocycles. The maximum atomic E-state index is 8.86. The monoisotopic (exact) mass is 241 g/mol. The van der Waals surface area contributed by atoms with Gasteiger partial charge in [-0.3, -0.25) is 0 Å². The van der Waals surface area contributed by atoms with Crippen LogP contribution in [0.1, 0.15) is 5.56 Å². The molecule has 2 N–H and O–H groups in total. The van der Waals surface area contributed by atoms with Crippen molar-refractivity contribution < 1.29 is 0 Å². The highest BCUT2D eigenvalue weighted by atomic mass is 32.2. The largest absolute Gasteiger partial charge is 0.326 e. The lowest BCUT2D eigenvalue weighted by Gasteiger charge is -2.01. The second-order valence-electron chi connectivity index (χ2n) is 2.32. The van der Waals surface area contributed by atoms with Crippen molar-refractivity contribution >= 4 is 36.2 Å². The Labute approximate surface area is 95.9 Å². The summed E-state index contributed by atoms with van der Waals surface area (Å²) in [7, 11) is 0. The summed E-state index contributed by atoms with van der Waals surface area (Å²) in [6, 6.07) is 2.03. The predicted molar refractivity (Wildman–Crippen MR) is 62.4 cm³/mol. The van der Waals surface area contributed by atoms with E-state index in [0.717, 1.165) is 0 Å². The fourth-order valence-corrected chi connectivity index (χ4v) is 2.22. The van der Waals surface area contributed by atoms with Crippen LogP contribution in [0.5, 0.6) is 0 Å². The highest BCUT2D eigenvalue weighted by Gasteiger charge is 2.04. The first-order valence-electron chi connectivity index (χ1n) is 3.69. The van der Waals surface area contributed by atoms with Crippen LogP contribution in [0, 0.1) is 20.7 Å². The molecule has 0 unspecified atom stereocenters. The molecule has 1 heterocycles. The van der Waals surface area contributed by atoms with E-state index >= 15 is 0 Å². The van der Waals surface area contributed by atoms with Gasteiger partial charge in [0.1, 0.15) is 16.3 Å². The van der Waals surface area contributed by atoms with Gasteiger partial charge in [0.15, 0.2) is 4.77 Å². The minimum atomic E-state index is 0.378. The fraction of sp³-hybridized carbons (Fsp3) is 0.125. The van der Waals surface area contributed by atoms with E-state index in [4.69, 9.17) is 29.7 Å². The molecule has 1 aromatic heterocycles. The van der Waals surface area contributed by atoms with Gasteiger partial charge in [-0.1, -0.05) is 18.3 Å². The molecule has 0 aromatic carbocycles. The lowest BCUT2D eigenvalue weighted by Crippen LogP contribution is -1.93. The van der Waals surface area contributed by atoms with Crippen LogP contribution >= 0.6 is 36.2 Å². The smallest absolute Gasteiger partial charge is 0.176 e. The predicted octanol–water partition coefficient (Wildman–Crippen LogP) is 2.95. The van der Waals surface area contributed by atoms with Gasteiger partial charge in [-0.25, -0.2) is 0 Å². The van der Waals surface area contributed by atoms with E-state index in [-0.39, 0.29) is 0 Å². The van der Waals surface area contributed by atoms with Gasteiger partial charge in [0.25, 0.3) is 0 Å². The molecule has 0 aliphatic heterocycles. The minimum Gasteiger partial charge on any atom is -0.326 e. The summed E-state index contributed by atoms with van der Waals surface area (Å²) < 4.78 is 0.809. The zero-order valence-corrected chi connectivity index (χ0v) is 9.61. The number of thioether (sulfide) groups is 1. The van der Waals surface area contributed by atoms with Crippen LogP contribution in [-0.4, -0.2) is 15.7 Å². The second kappa shape index (κ2) is 5.10. The van der Waals surface area contributed by atoms with Crippen LogP contribution in [-0.2, 0) is 0 Å². The first kappa shape index (κ1) is 11.2. The lowest BCUT2D eigenvalue weighted by molar-refractivity contribution is 0.995. The molecule has 14 heavy (non-hydrogen) atoms. The molecule has 0 radical (unpaired) electrons. The summed E-state index contributed by atoms with van der Waals surface area (Å²) in [4.78, 5) is 5.61. The van der Waals surface area contributed by atoms with Gasteiger partial charge in [-0.05, 0) is 12.2 Å². The third-order valence-corrected chi connectivity index (χ3v) is 2.87. The van der Waals surface area contributed by atoms with Gasteiger partial charge in [0.05, 0.1) is 5.03 Å². The average molecular weight is 241 g/mol. The number of nitriles is 1. The molecule has 0 spiro atoms. The molecular weight excluding hydrogens is 234 g/mol. The lowest BCUT2D eigenvalue weighted by atomic mass is 10.4. The van der Waals surface area contributed by atoms with E-state index in [9.17, 15) is 0 Å². The Balaban J connectivity index is 3.27. The summed E-state index contributed by atoms with van der Waals surface area (Å²) >= 11 is 11.3. The van der Waals surface area contributed by atoms with E-state index in [2.05, 4.69) is 16.5 Å². The number of aromatic nitrogens is 2. The van der Waals surface area contributed by atoms with E-state index in [1.807, 2.05) is 6.07 Å². The summed E-state index contributed by atoms with van der Waals surface area (Å²) in [6.07, 6.45) is 1.75. The van der Waals surface area contributed by atoms with Crippen molar-refractivity contribution in [3.05, 3.63) is 27.6 Å². The molecule has 0 fully saturated rings. The van der Waals surface area contributed by atoms with Gasteiger partial charge < -0.3 is 9.97 Å². The Kier molecular flexibility index (Phi) is 4.07. The van der Waals surface area contributed by atoms with Crippen LogP contribution in [0.2, 0.25) is 0 Å². The van der Waals surface area contributed by atoms with Crippen molar-refractivity contribution in [3.63, 3.8) is 0 Å². The normalized spacial score (nSPS) is 9.36. The summed E-state index contributed by atoms with van der Waals surface area (Å²) in [5, 5.41) is 9.56. The molecule has 0 saturated carbocycles. The topological polar surface area (TPSA) is 55.4 Å². The Morgan fingerprint density at radius 2 is 2.21 bits per heavy atom. The third-order valence-electron chi connectivity index (χ3n) is 1.37. The molecule has 72 valence electrons. The van der Waals surface area contributed by atoms with Crippen LogP contribution in [0.15, 0.2) is 17.7 Å². The van der Waals surface area contributed by atoms with Crippen LogP contribution < -0.4 is 0 Å². The zero-order valence-electron chi connectivity index (χ0n) is 7.16. The van der Waals surface area contributed by atoms with E-state index < -0.39 is 0 Å². The van der Waals surface area contributed by atoms with Crippen molar-refractivity contribution in [2.45, 2.75) is 5.03 Å². The highest BCUT2D eigenvalue weighted by molar-refractivity contribution is 7.99. The standard InChI is InChI=1S/C8H7N3S3/c1-2-3-14-7-5(4-9)6(12)10-8(13)11-7/h2H,1,3H2,(H2,10,11,12,13). The van der Waals surface area contributed by atoms with E-state index in [1.165, 1.54) is 11.8 Å². The van der Waals surface area contributed by atoms with Crippen LogP contribution in [0.4, 0.5) is 0 Å². The molecule has 0 aliphatic carbocycles. The Bertz CT molecular complexity index is 492. The number of hydrogen-bond donors (Lipinski definition) is 2. The number of aromatic amines is 2. The Morgan fingerprint density at radius 3 is 2.79 bits per heavy atom. The number of H-pyrrole nitrogens is 2. The number of nitrogens with one attached hydrogen (secondary N) is 2. The van der Waals surface area contributed by atoms with Crippen LogP contribution in [0.3, 0.4) is 0 Å². The molecule has 0 bridgehead atoms. The van der Waals surface area contributed by atoms with Crippen molar-refractivity contribution in [1.29, 1.82) is 5.26 Å².